The average molecular weight is 286 g/mol. The predicted molar refractivity (Wildman–Crippen MR) is 84.8 cm³/mol. The highest BCUT2D eigenvalue weighted by atomic mass is 19.1. The van der Waals surface area contributed by atoms with Crippen LogP contribution in [0.2, 0.25) is 0 Å². The fourth-order valence-corrected chi connectivity index (χ4v) is 2.42. The van der Waals surface area contributed by atoms with Crippen LogP contribution in [0.1, 0.15) is 41.8 Å². The quantitative estimate of drug-likeness (QED) is 0.864. The first-order chi connectivity index (χ1) is 10.1. The topological polar surface area (TPSA) is 24.9 Å². The van der Waals surface area contributed by atoms with Crippen LogP contribution in [0.5, 0.6) is 0 Å². The molecule has 2 nitrogen and oxygen atoms in total. The van der Waals surface area contributed by atoms with Crippen molar-refractivity contribution in [2.24, 2.45) is 0 Å². The molecule has 21 heavy (non-hydrogen) atoms. The molecule has 0 aliphatic rings. The van der Waals surface area contributed by atoms with Crippen LogP contribution in [0, 0.1) is 19.7 Å². The Hall–Kier alpha value is -1.74. The van der Waals surface area contributed by atoms with Crippen LogP contribution in [-0.4, -0.2) is 11.5 Å². The zero-order chi connectivity index (χ0) is 15.2. The SMILES string of the molecule is CCCNC(Cc1ccc(C)cn1)c1cc(C)cc(F)c1. The lowest BCUT2D eigenvalue weighted by Crippen LogP contribution is -2.24. The van der Waals surface area contributed by atoms with E-state index in [4.69, 9.17) is 0 Å². The van der Waals surface area contributed by atoms with E-state index in [0.29, 0.717) is 0 Å². The minimum Gasteiger partial charge on any atom is -0.310 e. The molecular weight excluding hydrogens is 263 g/mol. The highest BCUT2D eigenvalue weighted by molar-refractivity contribution is 5.27. The van der Waals surface area contributed by atoms with E-state index in [9.17, 15) is 4.39 Å². The number of nitrogens with one attached hydrogen (secondary N) is 1. The second-order valence-electron chi connectivity index (χ2n) is 5.60. The number of nitrogens with zero attached hydrogens (tertiary/aromatic N) is 1. The van der Waals surface area contributed by atoms with E-state index in [1.54, 1.807) is 12.1 Å². The predicted octanol–water partition coefficient (Wildman–Crippen LogP) is 4.12. The molecule has 0 saturated heterocycles. The first-order valence-corrected chi connectivity index (χ1v) is 7.50. The van der Waals surface area contributed by atoms with Gasteiger partial charge in [-0.05, 0) is 61.7 Å². The highest BCUT2D eigenvalue weighted by Crippen LogP contribution is 2.20. The molecule has 3 heteroatoms. The Morgan fingerprint density at radius 3 is 2.57 bits per heavy atom. The van der Waals surface area contributed by atoms with E-state index in [0.717, 1.165) is 41.8 Å². The summed E-state index contributed by atoms with van der Waals surface area (Å²) in [5, 5.41) is 3.50. The van der Waals surface area contributed by atoms with E-state index in [2.05, 4.69) is 23.3 Å². The molecule has 1 aromatic heterocycles. The van der Waals surface area contributed by atoms with Crippen LogP contribution >= 0.6 is 0 Å². The van der Waals surface area contributed by atoms with Gasteiger partial charge >= 0.3 is 0 Å². The van der Waals surface area contributed by atoms with E-state index in [-0.39, 0.29) is 11.9 Å². The molecular formula is C18H23FN2. The first kappa shape index (κ1) is 15.6. The average Bonchev–Trinajstić information content (AvgIpc) is 2.44. The van der Waals surface area contributed by atoms with Gasteiger partial charge in [-0.15, -0.1) is 0 Å². The summed E-state index contributed by atoms with van der Waals surface area (Å²) in [4.78, 5) is 4.46. The van der Waals surface area contributed by atoms with E-state index in [1.165, 1.54) is 0 Å². The van der Waals surface area contributed by atoms with E-state index in [1.807, 2.05) is 32.2 Å². The number of pyridine rings is 1. The molecule has 0 fully saturated rings. The van der Waals surface area contributed by atoms with Crippen molar-refractivity contribution in [2.45, 2.75) is 39.7 Å². The number of aryl methyl sites for hydroxylation is 2. The molecule has 0 aliphatic carbocycles. The van der Waals surface area contributed by atoms with Crippen molar-refractivity contribution < 1.29 is 4.39 Å². The standard InChI is InChI=1S/C18H23FN2/c1-4-7-20-18(11-17-6-5-13(2)12-21-17)15-8-14(3)9-16(19)10-15/h5-6,8-10,12,18,20H,4,7,11H2,1-3H3. The summed E-state index contributed by atoms with van der Waals surface area (Å²) in [5.41, 5.74) is 4.11. The molecule has 0 bridgehead atoms. The van der Waals surface area contributed by atoms with E-state index < -0.39 is 0 Å². The van der Waals surface area contributed by atoms with Crippen molar-refractivity contribution >= 4 is 0 Å². The van der Waals surface area contributed by atoms with Gasteiger partial charge in [0.15, 0.2) is 0 Å². The third-order valence-corrected chi connectivity index (χ3v) is 3.49. The first-order valence-electron chi connectivity index (χ1n) is 7.50. The zero-order valence-corrected chi connectivity index (χ0v) is 13.0. The van der Waals surface area contributed by atoms with Crippen molar-refractivity contribution in [3.05, 3.63) is 64.7 Å². The van der Waals surface area contributed by atoms with Crippen LogP contribution < -0.4 is 5.32 Å². The lowest BCUT2D eigenvalue weighted by molar-refractivity contribution is 0.519. The molecule has 1 atom stereocenters. The van der Waals surface area contributed by atoms with Gasteiger partial charge in [-0.2, -0.15) is 0 Å². The normalized spacial score (nSPS) is 12.4. The summed E-state index contributed by atoms with van der Waals surface area (Å²) < 4.78 is 13.7. The zero-order valence-electron chi connectivity index (χ0n) is 13.0. The van der Waals surface area contributed by atoms with E-state index >= 15 is 0 Å². The van der Waals surface area contributed by atoms with Crippen LogP contribution in [-0.2, 0) is 6.42 Å². The van der Waals surface area contributed by atoms with Gasteiger partial charge in [-0.25, -0.2) is 4.39 Å². The maximum atomic E-state index is 13.7. The summed E-state index contributed by atoms with van der Waals surface area (Å²) >= 11 is 0. The minimum atomic E-state index is -0.176. The highest BCUT2D eigenvalue weighted by Gasteiger charge is 2.13. The van der Waals surface area contributed by atoms with Crippen LogP contribution in [0.3, 0.4) is 0 Å². The van der Waals surface area contributed by atoms with Crippen LogP contribution in [0.15, 0.2) is 36.5 Å². The molecule has 2 rings (SSSR count). The molecule has 1 aromatic carbocycles. The second-order valence-corrected chi connectivity index (χ2v) is 5.60. The Labute approximate surface area is 126 Å². The summed E-state index contributed by atoms with van der Waals surface area (Å²) in [6.45, 7) is 6.99. The third-order valence-electron chi connectivity index (χ3n) is 3.49. The molecule has 0 aliphatic heterocycles. The Morgan fingerprint density at radius 1 is 1.14 bits per heavy atom. The second kappa shape index (κ2) is 7.32. The van der Waals surface area contributed by atoms with Gasteiger partial charge in [-0.1, -0.05) is 19.1 Å². The van der Waals surface area contributed by atoms with Crippen LogP contribution in [0.25, 0.3) is 0 Å². The molecule has 112 valence electrons. The fourth-order valence-electron chi connectivity index (χ4n) is 2.42. The molecule has 1 heterocycles. The molecule has 2 aromatic rings. The van der Waals surface area contributed by atoms with Gasteiger partial charge in [0.1, 0.15) is 5.82 Å². The number of aromatic nitrogens is 1. The number of hydrogen-bond acceptors (Lipinski definition) is 2. The molecule has 0 amide bonds. The fraction of sp³-hybridized carbons (Fsp3) is 0.389. The Balaban J connectivity index is 2.22. The third kappa shape index (κ3) is 4.64. The minimum absolute atomic E-state index is 0.0922. The maximum Gasteiger partial charge on any atom is 0.123 e. The Bertz CT molecular complexity index is 558. The van der Waals surface area contributed by atoms with Gasteiger partial charge < -0.3 is 5.32 Å². The molecule has 0 radical (unpaired) electrons. The number of hydrogen-bond donors (Lipinski definition) is 1. The largest absolute Gasteiger partial charge is 0.310 e. The summed E-state index contributed by atoms with van der Waals surface area (Å²) in [5.74, 6) is -0.176. The van der Waals surface area contributed by atoms with Gasteiger partial charge in [0.05, 0.1) is 0 Å². The lowest BCUT2D eigenvalue weighted by Gasteiger charge is -2.19. The van der Waals surface area contributed by atoms with Crippen molar-refractivity contribution in [2.75, 3.05) is 6.54 Å². The van der Waals surface area contributed by atoms with Gasteiger partial charge in [0.25, 0.3) is 0 Å². The van der Waals surface area contributed by atoms with Crippen molar-refractivity contribution in [3.63, 3.8) is 0 Å². The van der Waals surface area contributed by atoms with Gasteiger partial charge in [0, 0.05) is 24.4 Å². The smallest absolute Gasteiger partial charge is 0.123 e. The Kier molecular flexibility index (Phi) is 5.45. The number of halogens is 1. The monoisotopic (exact) mass is 286 g/mol. The Morgan fingerprint density at radius 2 is 1.95 bits per heavy atom. The molecule has 0 spiro atoms. The van der Waals surface area contributed by atoms with Crippen LogP contribution in [0.4, 0.5) is 4.39 Å². The summed E-state index contributed by atoms with van der Waals surface area (Å²) in [7, 11) is 0. The number of benzene rings is 1. The number of rotatable bonds is 6. The van der Waals surface area contributed by atoms with Gasteiger partial charge in [0.2, 0.25) is 0 Å². The maximum absolute atomic E-state index is 13.7. The van der Waals surface area contributed by atoms with Gasteiger partial charge in [-0.3, -0.25) is 4.98 Å². The molecule has 1 N–H and O–H groups in total. The van der Waals surface area contributed by atoms with Crippen molar-refractivity contribution in [1.29, 1.82) is 0 Å². The summed E-state index contributed by atoms with van der Waals surface area (Å²) in [6.07, 6.45) is 3.69. The van der Waals surface area contributed by atoms with Crippen molar-refractivity contribution in [1.82, 2.24) is 10.3 Å². The molecule has 1 unspecified atom stereocenters. The molecule has 0 saturated carbocycles. The summed E-state index contributed by atoms with van der Waals surface area (Å²) in [6, 6.07) is 9.43. The lowest BCUT2D eigenvalue weighted by atomic mass is 9.99. The van der Waals surface area contributed by atoms with Crippen molar-refractivity contribution in [3.8, 4) is 0 Å².